The number of hydrogen-bond donors (Lipinski definition) is 2. The average Bonchev–Trinajstić information content (AvgIpc) is 2.25. The van der Waals surface area contributed by atoms with Gasteiger partial charge in [-0.25, -0.2) is 0 Å². The summed E-state index contributed by atoms with van der Waals surface area (Å²) < 4.78 is 1.02. The summed E-state index contributed by atoms with van der Waals surface area (Å²) in [4.78, 5) is 0. The third-order valence-electron chi connectivity index (χ3n) is 2.41. The molecule has 17 heavy (non-hydrogen) atoms. The summed E-state index contributed by atoms with van der Waals surface area (Å²) >= 11 is 9.53. The molecule has 0 aliphatic rings. The Hall–Kier alpha value is -0.0900. The summed E-state index contributed by atoms with van der Waals surface area (Å²) in [5, 5.41) is 7.60. The van der Waals surface area contributed by atoms with Crippen LogP contribution in [0, 0.1) is 0 Å². The molecule has 0 amide bonds. The van der Waals surface area contributed by atoms with Gasteiger partial charge in [0.05, 0.1) is 0 Å². The van der Waals surface area contributed by atoms with Gasteiger partial charge < -0.3 is 10.6 Å². The molecule has 0 unspecified atom stereocenters. The van der Waals surface area contributed by atoms with Crippen LogP contribution in [0.1, 0.15) is 25.8 Å². The normalized spacial score (nSPS) is 11.1. The van der Waals surface area contributed by atoms with Crippen LogP contribution in [0.15, 0.2) is 22.7 Å². The maximum absolute atomic E-state index is 6.13. The minimum Gasteiger partial charge on any atom is -0.314 e. The molecule has 0 spiro atoms. The monoisotopic (exact) mass is 318 g/mol. The van der Waals surface area contributed by atoms with Crippen molar-refractivity contribution in [1.29, 1.82) is 0 Å². The van der Waals surface area contributed by atoms with E-state index in [0.717, 1.165) is 41.1 Å². The third-order valence-corrected chi connectivity index (χ3v) is 3.26. The van der Waals surface area contributed by atoms with Gasteiger partial charge >= 0.3 is 0 Å². The van der Waals surface area contributed by atoms with Crippen molar-refractivity contribution in [2.24, 2.45) is 0 Å². The smallest absolute Gasteiger partial charge is 0.0462 e. The number of rotatable bonds is 7. The Morgan fingerprint density at radius 3 is 2.71 bits per heavy atom. The lowest BCUT2D eigenvalue weighted by molar-refractivity contribution is 0.547. The van der Waals surface area contributed by atoms with Crippen LogP contribution in [0.2, 0.25) is 5.02 Å². The number of nitrogens with one attached hydrogen (secondary N) is 2. The third kappa shape index (κ3) is 6.41. The van der Waals surface area contributed by atoms with E-state index >= 15 is 0 Å². The lowest BCUT2D eigenvalue weighted by Crippen LogP contribution is -2.26. The van der Waals surface area contributed by atoms with E-state index in [1.807, 2.05) is 18.2 Å². The van der Waals surface area contributed by atoms with Crippen LogP contribution in [-0.2, 0) is 6.54 Å². The van der Waals surface area contributed by atoms with Crippen molar-refractivity contribution in [3.8, 4) is 0 Å². The maximum Gasteiger partial charge on any atom is 0.0462 e. The topological polar surface area (TPSA) is 24.1 Å². The molecule has 0 fully saturated rings. The largest absolute Gasteiger partial charge is 0.314 e. The standard InChI is InChI=1S/C13H20BrClN2/c1-10(2)17-7-3-6-16-9-11-4-5-12(14)8-13(11)15/h4-5,8,10,16-17H,3,6-7,9H2,1-2H3. The first-order valence-corrected chi connectivity index (χ1v) is 7.14. The molecule has 0 bridgehead atoms. The van der Waals surface area contributed by atoms with Crippen molar-refractivity contribution in [2.75, 3.05) is 13.1 Å². The zero-order valence-electron chi connectivity index (χ0n) is 10.4. The summed E-state index contributed by atoms with van der Waals surface area (Å²) in [5.41, 5.74) is 1.15. The van der Waals surface area contributed by atoms with E-state index < -0.39 is 0 Å². The van der Waals surface area contributed by atoms with Crippen LogP contribution in [0.3, 0.4) is 0 Å². The Bertz CT molecular complexity index is 342. The molecule has 0 aromatic heterocycles. The van der Waals surface area contributed by atoms with Crippen molar-refractivity contribution < 1.29 is 0 Å². The second kappa shape index (κ2) is 8.09. The molecular formula is C13H20BrClN2. The molecule has 1 rings (SSSR count). The van der Waals surface area contributed by atoms with Crippen LogP contribution in [0.5, 0.6) is 0 Å². The lowest BCUT2D eigenvalue weighted by Gasteiger charge is -2.09. The van der Waals surface area contributed by atoms with E-state index in [2.05, 4.69) is 40.4 Å². The van der Waals surface area contributed by atoms with Crippen molar-refractivity contribution in [2.45, 2.75) is 32.9 Å². The van der Waals surface area contributed by atoms with Gasteiger partial charge in [-0.3, -0.25) is 0 Å². The fourth-order valence-corrected chi connectivity index (χ4v) is 2.23. The Morgan fingerprint density at radius 2 is 2.06 bits per heavy atom. The first-order valence-electron chi connectivity index (χ1n) is 5.97. The highest BCUT2D eigenvalue weighted by Crippen LogP contribution is 2.20. The predicted octanol–water partition coefficient (Wildman–Crippen LogP) is 3.58. The molecule has 0 saturated carbocycles. The van der Waals surface area contributed by atoms with Gasteiger partial charge in [-0.15, -0.1) is 0 Å². The lowest BCUT2D eigenvalue weighted by atomic mass is 10.2. The molecule has 0 heterocycles. The molecule has 0 aliphatic carbocycles. The Labute approximate surface area is 117 Å². The molecule has 2 N–H and O–H groups in total. The summed E-state index contributed by atoms with van der Waals surface area (Å²) in [5.74, 6) is 0. The van der Waals surface area contributed by atoms with Crippen LogP contribution < -0.4 is 10.6 Å². The van der Waals surface area contributed by atoms with Gasteiger partial charge in [0.15, 0.2) is 0 Å². The van der Waals surface area contributed by atoms with Crippen molar-refractivity contribution in [3.05, 3.63) is 33.3 Å². The highest BCUT2D eigenvalue weighted by Gasteiger charge is 2.00. The summed E-state index contributed by atoms with van der Waals surface area (Å²) in [7, 11) is 0. The molecule has 0 saturated heterocycles. The number of hydrogen-bond acceptors (Lipinski definition) is 2. The van der Waals surface area contributed by atoms with Crippen LogP contribution in [-0.4, -0.2) is 19.1 Å². The van der Waals surface area contributed by atoms with Crippen molar-refractivity contribution in [3.63, 3.8) is 0 Å². The van der Waals surface area contributed by atoms with Gasteiger partial charge in [0.2, 0.25) is 0 Å². The summed E-state index contributed by atoms with van der Waals surface area (Å²) in [6, 6.07) is 6.56. The fourth-order valence-electron chi connectivity index (χ4n) is 1.49. The van der Waals surface area contributed by atoms with E-state index in [4.69, 9.17) is 11.6 Å². The minimum absolute atomic E-state index is 0.566. The van der Waals surface area contributed by atoms with Crippen molar-refractivity contribution >= 4 is 27.5 Å². The zero-order valence-corrected chi connectivity index (χ0v) is 12.7. The first kappa shape index (κ1) is 15.0. The van der Waals surface area contributed by atoms with E-state index in [1.165, 1.54) is 0 Å². The van der Waals surface area contributed by atoms with E-state index in [0.29, 0.717) is 6.04 Å². The van der Waals surface area contributed by atoms with Gasteiger partial charge in [-0.1, -0.05) is 47.4 Å². The molecular weight excluding hydrogens is 300 g/mol. The molecule has 0 radical (unpaired) electrons. The molecule has 0 atom stereocenters. The molecule has 0 aliphatic heterocycles. The van der Waals surface area contributed by atoms with Crippen molar-refractivity contribution in [1.82, 2.24) is 10.6 Å². The number of benzene rings is 1. The molecule has 1 aromatic carbocycles. The molecule has 2 nitrogen and oxygen atoms in total. The SMILES string of the molecule is CC(C)NCCCNCc1ccc(Br)cc1Cl. The maximum atomic E-state index is 6.13. The second-order valence-electron chi connectivity index (χ2n) is 4.37. The van der Waals surface area contributed by atoms with Gasteiger partial charge in [-0.05, 0) is 37.2 Å². The highest BCUT2D eigenvalue weighted by molar-refractivity contribution is 9.10. The van der Waals surface area contributed by atoms with Crippen LogP contribution in [0.4, 0.5) is 0 Å². The summed E-state index contributed by atoms with van der Waals surface area (Å²) in [6.45, 7) is 7.21. The fraction of sp³-hybridized carbons (Fsp3) is 0.538. The van der Waals surface area contributed by atoms with Crippen LogP contribution in [0.25, 0.3) is 0 Å². The Morgan fingerprint density at radius 1 is 1.29 bits per heavy atom. The Kier molecular flexibility index (Phi) is 7.12. The zero-order chi connectivity index (χ0) is 12.7. The predicted molar refractivity (Wildman–Crippen MR) is 78.6 cm³/mol. The number of halogens is 2. The molecule has 4 heteroatoms. The van der Waals surface area contributed by atoms with Gasteiger partial charge in [0.25, 0.3) is 0 Å². The van der Waals surface area contributed by atoms with Gasteiger partial charge in [-0.2, -0.15) is 0 Å². The quantitative estimate of drug-likeness (QED) is 0.751. The van der Waals surface area contributed by atoms with E-state index in [-0.39, 0.29) is 0 Å². The Balaban J connectivity index is 2.18. The van der Waals surface area contributed by atoms with Gasteiger partial charge in [0, 0.05) is 22.1 Å². The molecule has 1 aromatic rings. The second-order valence-corrected chi connectivity index (χ2v) is 5.70. The summed E-state index contributed by atoms with van der Waals surface area (Å²) in [6.07, 6.45) is 1.13. The average molecular weight is 320 g/mol. The van der Waals surface area contributed by atoms with Gasteiger partial charge in [0.1, 0.15) is 0 Å². The first-order chi connectivity index (χ1) is 8.09. The minimum atomic E-state index is 0.566. The van der Waals surface area contributed by atoms with E-state index in [9.17, 15) is 0 Å². The molecule has 96 valence electrons. The highest BCUT2D eigenvalue weighted by atomic mass is 79.9. The van der Waals surface area contributed by atoms with Crippen LogP contribution >= 0.6 is 27.5 Å². The van der Waals surface area contributed by atoms with E-state index in [1.54, 1.807) is 0 Å².